The maximum Gasteiger partial charge on any atom is 0.291 e. The molecule has 2 heterocycles. The van der Waals surface area contributed by atoms with Crippen LogP contribution in [0.15, 0.2) is 29.1 Å². The first-order valence-corrected chi connectivity index (χ1v) is 8.84. The van der Waals surface area contributed by atoms with Gasteiger partial charge in [0.2, 0.25) is 0 Å². The Hall–Kier alpha value is -3.29. The van der Waals surface area contributed by atoms with Crippen LogP contribution >= 0.6 is 0 Å². The molecule has 1 N–H and O–H groups in total. The summed E-state index contributed by atoms with van der Waals surface area (Å²) in [7, 11) is 6.13. The third kappa shape index (κ3) is 3.45. The van der Waals surface area contributed by atoms with Gasteiger partial charge in [0.25, 0.3) is 17.4 Å². The predicted molar refractivity (Wildman–Crippen MR) is 103 cm³/mol. The zero-order valence-electron chi connectivity index (χ0n) is 16.4. The molecule has 3 rings (SSSR count). The largest absolute Gasteiger partial charge is 0.497 e. The highest BCUT2D eigenvalue weighted by atomic mass is 16.5. The third-order valence-corrected chi connectivity index (χ3v) is 4.76. The fourth-order valence-electron chi connectivity index (χ4n) is 3.31. The number of aromatic nitrogens is 1. The summed E-state index contributed by atoms with van der Waals surface area (Å²) in [4.78, 5) is 43.7. The van der Waals surface area contributed by atoms with E-state index < -0.39 is 5.56 Å². The normalized spacial score (nSPS) is 13.1. The van der Waals surface area contributed by atoms with E-state index in [-0.39, 0.29) is 28.8 Å². The molecule has 8 nitrogen and oxygen atoms in total. The van der Waals surface area contributed by atoms with Gasteiger partial charge in [0.1, 0.15) is 11.4 Å². The Morgan fingerprint density at radius 3 is 2.39 bits per heavy atom. The molecule has 1 aliphatic heterocycles. The van der Waals surface area contributed by atoms with Gasteiger partial charge >= 0.3 is 0 Å². The van der Waals surface area contributed by atoms with Crippen LogP contribution in [0.25, 0.3) is 0 Å². The van der Waals surface area contributed by atoms with Crippen molar-refractivity contribution in [3.63, 3.8) is 0 Å². The van der Waals surface area contributed by atoms with Crippen molar-refractivity contribution < 1.29 is 19.1 Å². The van der Waals surface area contributed by atoms with Crippen LogP contribution < -0.4 is 15.0 Å². The number of amides is 2. The van der Waals surface area contributed by atoms with Crippen molar-refractivity contribution in [3.05, 3.63) is 57.0 Å². The predicted octanol–water partition coefficient (Wildman–Crippen LogP) is 1.29. The number of benzene rings is 1. The molecular formula is C20H23N3O5. The molecule has 28 heavy (non-hydrogen) atoms. The minimum absolute atomic E-state index is 0.0604. The first-order valence-electron chi connectivity index (χ1n) is 8.84. The fraction of sp³-hybridized carbons (Fsp3) is 0.350. The number of hydrogen-bond acceptors (Lipinski definition) is 5. The molecule has 2 aromatic rings. The van der Waals surface area contributed by atoms with Gasteiger partial charge in [-0.2, -0.15) is 0 Å². The summed E-state index contributed by atoms with van der Waals surface area (Å²) < 4.78 is 10.4. The van der Waals surface area contributed by atoms with E-state index in [0.29, 0.717) is 25.1 Å². The van der Waals surface area contributed by atoms with Crippen molar-refractivity contribution in [1.29, 1.82) is 0 Å². The number of nitrogens with zero attached hydrogens (tertiary/aromatic N) is 2. The van der Waals surface area contributed by atoms with Gasteiger partial charge in [-0.3, -0.25) is 14.4 Å². The molecule has 0 saturated carbocycles. The molecule has 0 radical (unpaired) electrons. The molecule has 0 saturated heterocycles. The van der Waals surface area contributed by atoms with E-state index in [1.807, 2.05) is 24.3 Å². The van der Waals surface area contributed by atoms with E-state index in [1.165, 1.54) is 12.0 Å². The highest BCUT2D eigenvalue weighted by molar-refractivity contribution is 6.03. The first-order chi connectivity index (χ1) is 13.4. The summed E-state index contributed by atoms with van der Waals surface area (Å²) in [6.07, 6.45) is 0.444. The zero-order chi connectivity index (χ0) is 20.4. The number of carbonyl (C=O) groups excluding carboxylic acids is 2. The van der Waals surface area contributed by atoms with Crippen LogP contribution in [0.2, 0.25) is 0 Å². The van der Waals surface area contributed by atoms with Gasteiger partial charge in [0.15, 0.2) is 5.75 Å². The highest BCUT2D eigenvalue weighted by Crippen LogP contribution is 2.28. The van der Waals surface area contributed by atoms with Gasteiger partial charge in [-0.1, -0.05) is 12.1 Å². The number of fused-ring (bicyclic) bond motifs is 1. The molecule has 0 unspecified atom stereocenters. The van der Waals surface area contributed by atoms with Crippen LogP contribution in [0.1, 0.15) is 32.0 Å². The second-order valence-electron chi connectivity index (χ2n) is 6.74. The van der Waals surface area contributed by atoms with Crippen LogP contribution in [-0.4, -0.2) is 61.5 Å². The maximum atomic E-state index is 13.2. The lowest BCUT2D eigenvalue weighted by molar-refractivity contribution is 0.0720. The van der Waals surface area contributed by atoms with E-state index in [4.69, 9.17) is 9.47 Å². The van der Waals surface area contributed by atoms with E-state index in [2.05, 4.69) is 4.98 Å². The van der Waals surface area contributed by atoms with E-state index in [9.17, 15) is 14.4 Å². The smallest absolute Gasteiger partial charge is 0.291 e. The Morgan fingerprint density at radius 1 is 1.14 bits per heavy atom. The van der Waals surface area contributed by atoms with Crippen molar-refractivity contribution in [1.82, 2.24) is 14.8 Å². The van der Waals surface area contributed by atoms with Gasteiger partial charge in [0, 0.05) is 27.2 Å². The number of pyridine rings is 1. The summed E-state index contributed by atoms with van der Waals surface area (Å²) >= 11 is 0. The Bertz CT molecular complexity index is 963. The van der Waals surface area contributed by atoms with Crippen molar-refractivity contribution >= 4 is 11.8 Å². The lowest BCUT2D eigenvalue weighted by atomic mass is 9.95. The van der Waals surface area contributed by atoms with Crippen LogP contribution in [0.4, 0.5) is 0 Å². The second-order valence-corrected chi connectivity index (χ2v) is 6.74. The molecule has 1 aromatic heterocycles. The van der Waals surface area contributed by atoms with Crippen molar-refractivity contribution in [3.8, 4) is 11.5 Å². The summed E-state index contributed by atoms with van der Waals surface area (Å²) in [6.45, 7) is 0.815. The average Bonchev–Trinajstić information content (AvgIpc) is 2.69. The van der Waals surface area contributed by atoms with Crippen molar-refractivity contribution in [2.24, 2.45) is 0 Å². The molecule has 0 bridgehead atoms. The number of hydrogen-bond donors (Lipinski definition) is 1. The van der Waals surface area contributed by atoms with Crippen LogP contribution in [0.3, 0.4) is 0 Å². The van der Waals surface area contributed by atoms with Gasteiger partial charge in [-0.15, -0.1) is 0 Å². The molecule has 148 valence electrons. The number of H-pyrrole nitrogens is 1. The summed E-state index contributed by atoms with van der Waals surface area (Å²) in [5, 5.41) is 0. The molecule has 0 aliphatic carbocycles. The van der Waals surface area contributed by atoms with E-state index in [0.717, 1.165) is 11.3 Å². The van der Waals surface area contributed by atoms with Crippen LogP contribution in [-0.2, 0) is 13.0 Å². The molecule has 8 heteroatoms. The molecule has 1 aliphatic rings. The first kappa shape index (κ1) is 19.5. The SMILES string of the molecule is COc1ccc(CN2CCc3c(C(=O)N(C)C)[nH]c(=O)c(OC)c3C2=O)cc1. The summed E-state index contributed by atoms with van der Waals surface area (Å²) in [6, 6.07) is 7.43. The number of rotatable bonds is 5. The van der Waals surface area contributed by atoms with Gasteiger partial charge in [-0.25, -0.2) is 0 Å². The second kappa shape index (κ2) is 7.75. The molecule has 0 fully saturated rings. The minimum Gasteiger partial charge on any atom is -0.497 e. The maximum absolute atomic E-state index is 13.2. The number of carbonyl (C=O) groups is 2. The van der Waals surface area contributed by atoms with Crippen molar-refractivity contribution in [2.45, 2.75) is 13.0 Å². The van der Waals surface area contributed by atoms with Crippen LogP contribution in [0.5, 0.6) is 11.5 Å². The van der Waals surface area contributed by atoms with Crippen LogP contribution in [0, 0.1) is 0 Å². The quantitative estimate of drug-likeness (QED) is 0.837. The number of methoxy groups -OCH3 is 2. The van der Waals surface area contributed by atoms with Gasteiger partial charge in [0.05, 0.1) is 19.8 Å². The summed E-state index contributed by atoms with van der Waals surface area (Å²) in [5.74, 6) is -0.00548. The molecule has 0 atom stereocenters. The third-order valence-electron chi connectivity index (χ3n) is 4.76. The Balaban J connectivity index is 2.00. The Labute approximate surface area is 162 Å². The Morgan fingerprint density at radius 2 is 1.82 bits per heavy atom. The number of aromatic amines is 1. The van der Waals surface area contributed by atoms with E-state index >= 15 is 0 Å². The molecule has 1 aromatic carbocycles. The van der Waals surface area contributed by atoms with Crippen molar-refractivity contribution in [2.75, 3.05) is 34.9 Å². The monoisotopic (exact) mass is 385 g/mol. The van der Waals surface area contributed by atoms with Gasteiger partial charge < -0.3 is 24.3 Å². The number of ether oxygens (including phenoxy) is 2. The summed E-state index contributed by atoms with van der Waals surface area (Å²) in [5.41, 5.74) is 1.17. The highest BCUT2D eigenvalue weighted by Gasteiger charge is 2.33. The Kier molecular flexibility index (Phi) is 5.39. The topological polar surface area (TPSA) is 91.9 Å². The zero-order valence-corrected chi connectivity index (χ0v) is 16.4. The number of nitrogens with one attached hydrogen (secondary N) is 1. The molecule has 0 spiro atoms. The van der Waals surface area contributed by atoms with E-state index in [1.54, 1.807) is 26.1 Å². The molecular weight excluding hydrogens is 362 g/mol. The fourth-order valence-corrected chi connectivity index (χ4v) is 3.31. The average molecular weight is 385 g/mol. The molecule has 2 amide bonds. The minimum atomic E-state index is -0.592. The standard InChI is InChI=1S/C20H23N3O5/c1-22(2)20(26)16-14-9-10-23(11-12-5-7-13(27-3)8-6-12)19(25)15(14)17(28-4)18(24)21-16/h5-8H,9-11H2,1-4H3,(H,21,24). The lowest BCUT2D eigenvalue weighted by Gasteiger charge is -2.30. The van der Waals surface area contributed by atoms with Gasteiger partial charge in [-0.05, 0) is 29.7 Å². The lowest BCUT2D eigenvalue weighted by Crippen LogP contribution is -2.40.